The van der Waals surface area contributed by atoms with E-state index in [4.69, 9.17) is 0 Å². The van der Waals surface area contributed by atoms with Gasteiger partial charge in [-0.1, -0.05) is 0 Å². The first-order valence-electron chi connectivity index (χ1n) is 7.19. The van der Waals surface area contributed by atoms with Gasteiger partial charge in [-0.3, -0.25) is 0 Å². The molecule has 0 aliphatic heterocycles. The van der Waals surface area contributed by atoms with Gasteiger partial charge in [0, 0.05) is 36.1 Å². The van der Waals surface area contributed by atoms with Crippen LogP contribution in [0.15, 0.2) is 24.5 Å². The van der Waals surface area contributed by atoms with Gasteiger partial charge >= 0.3 is 0 Å². The van der Waals surface area contributed by atoms with Crippen LogP contribution in [0.3, 0.4) is 0 Å². The predicted octanol–water partition coefficient (Wildman–Crippen LogP) is 3.38. The molecule has 0 amide bonds. The van der Waals surface area contributed by atoms with Crippen molar-refractivity contribution in [2.75, 3.05) is 0 Å². The quantitative estimate of drug-likeness (QED) is 0.789. The molecular weight excluding hydrogens is 282 g/mol. The van der Waals surface area contributed by atoms with E-state index in [0.717, 1.165) is 45.7 Å². The summed E-state index contributed by atoms with van der Waals surface area (Å²) in [4.78, 5) is 10.0. The number of nitrogens with zero attached hydrogens (tertiary/aromatic N) is 3. The highest BCUT2D eigenvalue weighted by molar-refractivity contribution is 7.15. The molecule has 4 rings (SSSR count). The fourth-order valence-electron chi connectivity index (χ4n) is 2.90. The normalized spacial score (nSPS) is 17.1. The number of hydrogen-bond acceptors (Lipinski definition) is 4. The molecule has 1 fully saturated rings. The van der Waals surface area contributed by atoms with E-state index in [-0.39, 0.29) is 0 Å². The summed E-state index contributed by atoms with van der Waals surface area (Å²) in [6.07, 6.45) is 6.47. The smallest absolute Gasteiger partial charge is 0.140 e. The fraction of sp³-hybridized carbons (Fsp3) is 0.375. The Labute approximate surface area is 127 Å². The lowest BCUT2D eigenvalue weighted by molar-refractivity contribution is -0.0389. The number of aliphatic hydroxyl groups is 1. The lowest BCUT2D eigenvalue weighted by Gasteiger charge is -2.34. The van der Waals surface area contributed by atoms with E-state index < -0.39 is 5.60 Å². The SMILES string of the molecule is Cc1cc2c(-c3cnc(C4(O)CCC4)s3)ccnc2n1C. The van der Waals surface area contributed by atoms with Crippen LogP contribution in [0, 0.1) is 6.92 Å². The van der Waals surface area contributed by atoms with E-state index in [2.05, 4.69) is 27.5 Å². The maximum absolute atomic E-state index is 10.4. The number of pyridine rings is 1. The van der Waals surface area contributed by atoms with Crippen molar-refractivity contribution >= 4 is 22.4 Å². The van der Waals surface area contributed by atoms with E-state index in [1.165, 1.54) is 5.69 Å². The highest BCUT2D eigenvalue weighted by Crippen LogP contribution is 2.44. The lowest BCUT2D eigenvalue weighted by atomic mass is 9.81. The van der Waals surface area contributed by atoms with Crippen molar-refractivity contribution in [3.63, 3.8) is 0 Å². The Bertz CT molecular complexity index is 829. The topological polar surface area (TPSA) is 50.9 Å². The molecule has 0 spiro atoms. The molecule has 1 aliphatic rings. The van der Waals surface area contributed by atoms with E-state index in [1.807, 2.05) is 25.5 Å². The van der Waals surface area contributed by atoms with Crippen molar-refractivity contribution in [3.05, 3.63) is 35.2 Å². The first kappa shape index (κ1) is 13.0. The minimum absolute atomic E-state index is 0.679. The molecule has 0 unspecified atom stereocenters. The standard InChI is InChI=1S/C16H17N3OS/c1-10-8-12-11(4-7-17-14(12)19(10)2)13-9-18-15(21-13)16(20)5-3-6-16/h4,7-9,20H,3,5-6H2,1-2H3. The zero-order chi connectivity index (χ0) is 14.6. The number of thiazole rings is 1. The van der Waals surface area contributed by atoms with Gasteiger partial charge in [-0.25, -0.2) is 9.97 Å². The molecule has 3 heterocycles. The van der Waals surface area contributed by atoms with E-state index in [1.54, 1.807) is 11.3 Å². The molecule has 3 aromatic heterocycles. The summed E-state index contributed by atoms with van der Waals surface area (Å²) in [6.45, 7) is 2.08. The maximum Gasteiger partial charge on any atom is 0.140 e. The van der Waals surface area contributed by atoms with E-state index in [0.29, 0.717) is 0 Å². The summed E-state index contributed by atoms with van der Waals surface area (Å²) >= 11 is 1.60. The maximum atomic E-state index is 10.4. The Kier molecular flexibility index (Phi) is 2.71. The van der Waals surface area contributed by atoms with Crippen LogP contribution in [0.25, 0.3) is 21.5 Å². The van der Waals surface area contributed by atoms with Crippen molar-refractivity contribution in [1.29, 1.82) is 0 Å². The monoisotopic (exact) mass is 299 g/mol. The highest BCUT2D eigenvalue weighted by Gasteiger charge is 2.39. The average molecular weight is 299 g/mol. The van der Waals surface area contributed by atoms with Crippen LogP contribution in [0.4, 0.5) is 0 Å². The Balaban J connectivity index is 1.85. The Morgan fingerprint density at radius 1 is 1.33 bits per heavy atom. The average Bonchev–Trinajstić information content (AvgIpc) is 3.03. The van der Waals surface area contributed by atoms with E-state index >= 15 is 0 Å². The number of aryl methyl sites for hydroxylation is 2. The molecule has 3 aromatic rings. The van der Waals surface area contributed by atoms with Gasteiger partial charge in [0.25, 0.3) is 0 Å². The summed E-state index contributed by atoms with van der Waals surface area (Å²) in [5, 5.41) is 12.4. The predicted molar refractivity (Wildman–Crippen MR) is 84.3 cm³/mol. The minimum atomic E-state index is -0.679. The number of aromatic nitrogens is 3. The molecule has 0 atom stereocenters. The third-order valence-electron chi connectivity index (χ3n) is 4.52. The fourth-order valence-corrected chi connectivity index (χ4v) is 4.00. The number of hydrogen-bond donors (Lipinski definition) is 1. The van der Waals surface area contributed by atoms with Gasteiger partial charge in [0.15, 0.2) is 0 Å². The van der Waals surface area contributed by atoms with Crippen molar-refractivity contribution in [3.8, 4) is 10.4 Å². The molecular formula is C16H17N3OS. The van der Waals surface area contributed by atoms with Crippen LogP contribution in [0.1, 0.15) is 30.0 Å². The third kappa shape index (κ3) is 1.84. The Morgan fingerprint density at radius 2 is 2.14 bits per heavy atom. The molecule has 0 aromatic carbocycles. The lowest BCUT2D eigenvalue weighted by Crippen LogP contribution is -2.33. The molecule has 4 nitrogen and oxygen atoms in total. The van der Waals surface area contributed by atoms with Crippen LogP contribution in [0.2, 0.25) is 0 Å². The van der Waals surface area contributed by atoms with E-state index in [9.17, 15) is 5.11 Å². The Morgan fingerprint density at radius 3 is 2.86 bits per heavy atom. The van der Waals surface area contributed by atoms with Crippen molar-refractivity contribution in [2.24, 2.45) is 7.05 Å². The molecule has 108 valence electrons. The summed E-state index contributed by atoms with van der Waals surface area (Å²) in [6, 6.07) is 4.19. The summed E-state index contributed by atoms with van der Waals surface area (Å²) in [5.74, 6) is 0. The van der Waals surface area contributed by atoms with Gasteiger partial charge in [0.2, 0.25) is 0 Å². The number of fused-ring (bicyclic) bond motifs is 1. The van der Waals surface area contributed by atoms with Crippen LogP contribution < -0.4 is 0 Å². The molecule has 5 heteroatoms. The third-order valence-corrected chi connectivity index (χ3v) is 5.74. The second-order valence-corrected chi connectivity index (χ2v) is 6.89. The van der Waals surface area contributed by atoms with Crippen LogP contribution in [-0.2, 0) is 12.6 Å². The zero-order valence-corrected chi connectivity index (χ0v) is 12.9. The first-order chi connectivity index (χ1) is 10.1. The molecule has 21 heavy (non-hydrogen) atoms. The minimum Gasteiger partial charge on any atom is -0.383 e. The highest BCUT2D eigenvalue weighted by atomic mass is 32.1. The van der Waals surface area contributed by atoms with Crippen LogP contribution in [-0.4, -0.2) is 19.6 Å². The van der Waals surface area contributed by atoms with Crippen molar-refractivity contribution < 1.29 is 5.11 Å². The Hall–Kier alpha value is -1.72. The van der Waals surface area contributed by atoms with Gasteiger partial charge in [0.05, 0.1) is 4.88 Å². The van der Waals surface area contributed by atoms with Gasteiger partial charge in [-0.05, 0) is 38.3 Å². The van der Waals surface area contributed by atoms with Gasteiger partial charge in [-0.15, -0.1) is 11.3 Å². The second kappa shape index (κ2) is 4.39. The second-order valence-electron chi connectivity index (χ2n) is 5.86. The molecule has 1 aliphatic carbocycles. The zero-order valence-electron chi connectivity index (χ0n) is 12.1. The largest absolute Gasteiger partial charge is 0.383 e. The molecule has 0 radical (unpaired) electrons. The first-order valence-corrected chi connectivity index (χ1v) is 8.00. The molecule has 1 N–H and O–H groups in total. The van der Waals surface area contributed by atoms with Gasteiger partial charge in [-0.2, -0.15) is 0 Å². The van der Waals surface area contributed by atoms with Crippen molar-refractivity contribution in [1.82, 2.24) is 14.5 Å². The van der Waals surface area contributed by atoms with Gasteiger partial charge in [0.1, 0.15) is 16.3 Å². The summed E-state index contributed by atoms with van der Waals surface area (Å²) in [7, 11) is 2.03. The van der Waals surface area contributed by atoms with Crippen LogP contribution >= 0.6 is 11.3 Å². The molecule has 1 saturated carbocycles. The van der Waals surface area contributed by atoms with Gasteiger partial charge < -0.3 is 9.67 Å². The number of rotatable bonds is 2. The molecule has 0 bridgehead atoms. The summed E-state index contributed by atoms with van der Waals surface area (Å²) < 4.78 is 2.10. The van der Waals surface area contributed by atoms with Crippen LogP contribution in [0.5, 0.6) is 0 Å². The summed E-state index contributed by atoms with van der Waals surface area (Å²) in [5.41, 5.74) is 2.65. The molecule has 0 saturated heterocycles. The van der Waals surface area contributed by atoms with Crippen molar-refractivity contribution in [2.45, 2.75) is 31.8 Å².